The Morgan fingerprint density at radius 1 is 1.24 bits per heavy atom. The summed E-state index contributed by atoms with van der Waals surface area (Å²) in [5.74, 6) is 0.679. The van der Waals surface area contributed by atoms with Crippen LogP contribution in [0.15, 0.2) is 29.4 Å². The first-order chi connectivity index (χ1) is 11.9. The van der Waals surface area contributed by atoms with Crippen LogP contribution in [-0.2, 0) is 11.8 Å². The van der Waals surface area contributed by atoms with Crippen molar-refractivity contribution >= 4 is 35.3 Å². The van der Waals surface area contributed by atoms with Crippen LogP contribution in [0.3, 0.4) is 0 Å². The van der Waals surface area contributed by atoms with Gasteiger partial charge in [0.05, 0.1) is 5.75 Å². The van der Waals surface area contributed by atoms with Crippen molar-refractivity contribution in [2.24, 2.45) is 13.0 Å². The number of hydrogen-bond donors (Lipinski definition) is 2. The summed E-state index contributed by atoms with van der Waals surface area (Å²) in [5.41, 5.74) is 0.878. The molecule has 2 aromatic rings. The Hall–Kier alpha value is -2.06. The zero-order valence-corrected chi connectivity index (χ0v) is 15.8. The van der Waals surface area contributed by atoms with Gasteiger partial charge in [0, 0.05) is 24.2 Å². The number of urea groups is 1. The summed E-state index contributed by atoms with van der Waals surface area (Å²) in [7, 11) is 1.82. The molecule has 0 aliphatic carbocycles. The topological polar surface area (TPSA) is 88.9 Å². The number of rotatable bonds is 6. The van der Waals surface area contributed by atoms with E-state index < -0.39 is 6.03 Å². The van der Waals surface area contributed by atoms with Crippen molar-refractivity contribution in [2.45, 2.75) is 19.0 Å². The molecule has 7 nitrogen and oxygen atoms in total. The molecule has 0 radical (unpaired) electrons. The molecule has 0 fully saturated rings. The molecular formula is C16H20ClN5O2S. The maximum atomic E-state index is 11.8. The van der Waals surface area contributed by atoms with Gasteiger partial charge in [-0.3, -0.25) is 10.1 Å². The van der Waals surface area contributed by atoms with Crippen LogP contribution in [0.25, 0.3) is 11.4 Å². The van der Waals surface area contributed by atoms with Gasteiger partial charge in [-0.05, 0) is 30.2 Å². The monoisotopic (exact) mass is 381 g/mol. The fourth-order valence-electron chi connectivity index (χ4n) is 1.92. The lowest BCUT2D eigenvalue weighted by molar-refractivity contribution is -0.117. The molecule has 0 saturated carbocycles. The number of imide groups is 1. The van der Waals surface area contributed by atoms with Crippen molar-refractivity contribution in [2.75, 3.05) is 12.3 Å². The summed E-state index contributed by atoms with van der Waals surface area (Å²) in [6.07, 6.45) is 0. The lowest BCUT2D eigenvalue weighted by atomic mass is 10.2. The maximum absolute atomic E-state index is 11.8. The predicted octanol–water partition coefficient (Wildman–Crippen LogP) is 2.71. The molecule has 1 aromatic carbocycles. The Bertz CT molecular complexity index is 745. The van der Waals surface area contributed by atoms with Crippen LogP contribution in [0.5, 0.6) is 0 Å². The third-order valence-electron chi connectivity index (χ3n) is 3.19. The fraction of sp³-hybridized carbons (Fsp3) is 0.375. The molecule has 0 unspecified atom stereocenters. The fourth-order valence-corrected chi connectivity index (χ4v) is 2.76. The number of benzene rings is 1. The van der Waals surface area contributed by atoms with Crippen LogP contribution in [-0.4, -0.2) is 39.0 Å². The van der Waals surface area contributed by atoms with E-state index in [1.807, 2.05) is 33.0 Å². The lowest BCUT2D eigenvalue weighted by Gasteiger charge is -2.08. The molecule has 0 aliphatic rings. The van der Waals surface area contributed by atoms with E-state index in [9.17, 15) is 9.59 Å². The van der Waals surface area contributed by atoms with Crippen molar-refractivity contribution in [3.63, 3.8) is 0 Å². The Morgan fingerprint density at radius 3 is 2.56 bits per heavy atom. The highest BCUT2D eigenvalue weighted by Gasteiger charge is 2.14. The van der Waals surface area contributed by atoms with Crippen LogP contribution in [0.1, 0.15) is 13.8 Å². The molecule has 2 N–H and O–H groups in total. The summed E-state index contributed by atoms with van der Waals surface area (Å²) >= 11 is 7.10. The molecule has 9 heteroatoms. The molecule has 1 heterocycles. The maximum Gasteiger partial charge on any atom is 0.321 e. The predicted molar refractivity (Wildman–Crippen MR) is 98.6 cm³/mol. The van der Waals surface area contributed by atoms with Crippen LogP contribution in [0.4, 0.5) is 4.79 Å². The van der Waals surface area contributed by atoms with Gasteiger partial charge >= 0.3 is 6.03 Å². The summed E-state index contributed by atoms with van der Waals surface area (Å²) in [5, 5.41) is 14.4. The van der Waals surface area contributed by atoms with E-state index in [1.54, 1.807) is 16.7 Å². The van der Waals surface area contributed by atoms with Crippen LogP contribution >= 0.6 is 23.4 Å². The van der Waals surface area contributed by atoms with E-state index in [-0.39, 0.29) is 11.7 Å². The molecule has 25 heavy (non-hydrogen) atoms. The molecule has 0 saturated heterocycles. The van der Waals surface area contributed by atoms with Gasteiger partial charge in [0.1, 0.15) is 0 Å². The molecule has 0 atom stereocenters. The minimum Gasteiger partial charge on any atom is -0.338 e. The molecule has 1 aromatic heterocycles. The van der Waals surface area contributed by atoms with Gasteiger partial charge < -0.3 is 9.88 Å². The van der Waals surface area contributed by atoms with E-state index in [0.29, 0.717) is 28.5 Å². The molecule has 134 valence electrons. The molecule has 0 spiro atoms. The highest BCUT2D eigenvalue weighted by molar-refractivity contribution is 7.99. The zero-order valence-electron chi connectivity index (χ0n) is 14.2. The average Bonchev–Trinajstić information content (AvgIpc) is 2.92. The largest absolute Gasteiger partial charge is 0.338 e. The molecule has 0 bridgehead atoms. The average molecular weight is 382 g/mol. The van der Waals surface area contributed by atoms with Crippen molar-refractivity contribution in [3.05, 3.63) is 29.3 Å². The SMILES string of the molecule is CC(C)CNC(=O)NC(=O)CSc1nnc(-c2ccc(Cl)cc2)n1C. The van der Waals surface area contributed by atoms with E-state index >= 15 is 0 Å². The van der Waals surface area contributed by atoms with Gasteiger partial charge in [-0.15, -0.1) is 10.2 Å². The second kappa shape index (κ2) is 8.87. The third kappa shape index (κ3) is 5.75. The Kier molecular flexibility index (Phi) is 6.83. The zero-order chi connectivity index (χ0) is 18.4. The number of nitrogens with one attached hydrogen (secondary N) is 2. The minimum atomic E-state index is -0.487. The first kappa shape index (κ1) is 19.3. The summed E-state index contributed by atoms with van der Waals surface area (Å²) in [6, 6.07) is 6.78. The van der Waals surface area contributed by atoms with Gasteiger partial charge in [0.15, 0.2) is 11.0 Å². The Balaban J connectivity index is 1.90. The van der Waals surface area contributed by atoms with Crippen LogP contribution in [0.2, 0.25) is 5.02 Å². The number of amides is 3. The third-order valence-corrected chi connectivity index (χ3v) is 4.47. The molecular weight excluding hydrogens is 362 g/mol. The lowest BCUT2D eigenvalue weighted by Crippen LogP contribution is -2.41. The number of carbonyl (C=O) groups is 2. The van der Waals surface area contributed by atoms with Crippen molar-refractivity contribution < 1.29 is 9.59 Å². The summed E-state index contributed by atoms with van der Waals surface area (Å²) in [6.45, 7) is 4.47. The normalized spacial score (nSPS) is 10.8. The minimum absolute atomic E-state index is 0.0711. The summed E-state index contributed by atoms with van der Waals surface area (Å²) in [4.78, 5) is 23.4. The van der Waals surface area contributed by atoms with Gasteiger partial charge in [0.25, 0.3) is 0 Å². The number of thioether (sulfide) groups is 1. The molecule has 0 aliphatic heterocycles. The molecule has 2 rings (SSSR count). The van der Waals surface area contributed by atoms with Crippen molar-refractivity contribution in [1.82, 2.24) is 25.4 Å². The first-order valence-electron chi connectivity index (χ1n) is 7.72. The number of hydrogen-bond acceptors (Lipinski definition) is 5. The molecule has 3 amide bonds. The van der Waals surface area contributed by atoms with Crippen LogP contribution in [0, 0.1) is 5.92 Å². The van der Waals surface area contributed by atoms with E-state index in [1.165, 1.54) is 11.8 Å². The van der Waals surface area contributed by atoms with Crippen molar-refractivity contribution in [3.8, 4) is 11.4 Å². The highest BCUT2D eigenvalue weighted by atomic mass is 35.5. The van der Waals surface area contributed by atoms with Gasteiger partial charge in [-0.25, -0.2) is 4.79 Å². The van der Waals surface area contributed by atoms with Crippen LogP contribution < -0.4 is 10.6 Å². The number of carbonyl (C=O) groups excluding carboxylic acids is 2. The van der Waals surface area contributed by atoms with Gasteiger partial charge in [-0.1, -0.05) is 37.2 Å². The first-order valence-corrected chi connectivity index (χ1v) is 9.09. The van der Waals surface area contributed by atoms with Crippen molar-refractivity contribution in [1.29, 1.82) is 0 Å². The van der Waals surface area contributed by atoms with E-state index in [0.717, 1.165) is 5.56 Å². The highest BCUT2D eigenvalue weighted by Crippen LogP contribution is 2.23. The standard InChI is InChI=1S/C16H20ClN5O2S/c1-10(2)8-18-15(24)19-13(23)9-25-16-21-20-14(22(16)3)11-4-6-12(17)7-5-11/h4-7,10H,8-9H2,1-3H3,(H2,18,19,23,24). The number of nitrogens with zero attached hydrogens (tertiary/aromatic N) is 3. The van der Waals surface area contributed by atoms with E-state index in [2.05, 4.69) is 20.8 Å². The second-order valence-electron chi connectivity index (χ2n) is 5.81. The van der Waals surface area contributed by atoms with Gasteiger partial charge in [0.2, 0.25) is 5.91 Å². The summed E-state index contributed by atoms with van der Waals surface area (Å²) < 4.78 is 1.79. The van der Waals surface area contributed by atoms with E-state index in [4.69, 9.17) is 11.6 Å². The number of aromatic nitrogens is 3. The second-order valence-corrected chi connectivity index (χ2v) is 7.19. The Morgan fingerprint density at radius 2 is 1.92 bits per heavy atom. The number of halogens is 1. The quantitative estimate of drug-likeness (QED) is 0.751. The smallest absolute Gasteiger partial charge is 0.321 e. The van der Waals surface area contributed by atoms with Gasteiger partial charge in [-0.2, -0.15) is 0 Å². The Labute approximate surface area is 155 Å².